The molecule has 1 rings (SSSR count). The molecule has 0 bridgehead atoms. The van der Waals surface area contributed by atoms with Crippen molar-refractivity contribution in [2.24, 2.45) is 11.1 Å². The molecule has 0 spiro atoms. The quantitative estimate of drug-likeness (QED) is 0.662. The van der Waals surface area contributed by atoms with Gasteiger partial charge in [0, 0.05) is 18.3 Å². The van der Waals surface area contributed by atoms with E-state index in [1.54, 1.807) is 25.3 Å². The summed E-state index contributed by atoms with van der Waals surface area (Å²) in [5, 5.41) is 9.34. The van der Waals surface area contributed by atoms with Crippen molar-refractivity contribution < 1.29 is 14.6 Å². The first-order valence-corrected chi connectivity index (χ1v) is 5.84. The number of nitrogen functional groups attached to an aromatic ring is 1. The predicted octanol–water partition coefficient (Wildman–Crippen LogP) is 1.26. The molecule has 0 aliphatic rings. The van der Waals surface area contributed by atoms with E-state index in [0.29, 0.717) is 24.3 Å². The fraction of sp³-hybridized carbons (Fsp3) is 0.462. The molecule has 0 fully saturated rings. The number of carbonyl (C=O) groups is 1. The van der Waals surface area contributed by atoms with Crippen LogP contribution in [-0.4, -0.2) is 24.7 Å². The molecule has 0 saturated carbocycles. The van der Waals surface area contributed by atoms with Gasteiger partial charge in [0.05, 0.1) is 12.5 Å². The van der Waals surface area contributed by atoms with Crippen LogP contribution in [0.4, 0.5) is 5.69 Å². The van der Waals surface area contributed by atoms with Gasteiger partial charge in [-0.1, -0.05) is 6.92 Å². The minimum absolute atomic E-state index is 0.0932. The third kappa shape index (κ3) is 2.92. The minimum atomic E-state index is -0.946. The fourth-order valence-electron chi connectivity index (χ4n) is 1.95. The van der Waals surface area contributed by atoms with Crippen LogP contribution in [0.25, 0.3) is 0 Å². The third-order valence-corrected chi connectivity index (χ3v) is 3.29. The number of methoxy groups -OCH3 is 1. The molecule has 0 aliphatic heterocycles. The zero-order valence-electron chi connectivity index (χ0n) is 10.8. The second-order valence-corrected chi connectivity index (χ2v) is 4.43. The van der Waals surface area contributed by atoms with Crippen molar-refractivity contribution in [1.82, 2.24) is 0 Å². The summed E-state index contributed by atoms with van der Waals surface area (Å²) in [6.07, 6.45) is 0.812. The smallest absolute Gasteiger partial charge is 0.311 e. The Labute approximate surface area is 107 Å². The Bertz CT molecular complexity index is 428. The molecule has 0 aromatic heterocycles. The van der Waals surface area contributed by atoms with E-state index in [1.165, 1.54) is 0 Å². The van der Waals surface area contributed by atoms with E-state index in [0.717, 1.165) is 5.56 Å². The second-order valence-electron chi connectivity index (χ2n) is 4.43. The minimum Gasteiger partial charge on any atom is -0.497 e. The summed E-state index contributed by atoms with van der Waals surface area (Å²) in [7, 11) is 1.55. The second kappa shape index (κ2) is 5.73. The van der Waals surface area contributed by atoms with Crippen LogP contribution in [0.3, 0.4) is 0 Å². The average molecular weight is 252 g/mol. The van der Waals surface area contributed by atoms with Crippen molar-refractivity contribution in [3.05, 3.63) is 23.8 Å². The number of anilines is 1. The van der Waals surface area contributed by atoms with E-state index in [9.17, 15) is 9.90 Å². The molecule has 100 valence electrons. The first-order chi connectivity index (χ1) is 8.47. The highest BCUT2D eigenvalue weighted by Gasteiger charge is 2.35. The molecule has 5 nitrogen and oxygen atoms in total. The Kier molecular flexibility index (Phi) is 4.55. The maximum atomic E-state index is 11.4. The summed E-state index contributed by atoms with van der Waals surface area (Å²) in [6, 6.07) is 5.24. The molecule has 0 amide bonds. The van der Waals surface area contributed by atoms with Gasteiger partial charge in [-0.2, -0.15) is 0 Å². The monoisotopic (exact) mass is 252 g/mol. The molecular formula is C13H20N2O3. The highest BCUT2D eigenvalue weighted by molar-refractivity contribution is 5.75. The van der Waals surface area contributed by atoms with E-state index in [2.05, 4.69) is 0 Å². The topological polar surface area (TPSA) is 98.6 Å². The van der Waals surface area contributed by atoms with Crippen molar-refractivity contribution in [2.45, 2.75) is 19.8 Å². The van der Waals surface area contributed by atoms with E-state index < -0.39 is 11.4 Å². The van der Waals surface area contributed by atoms with Gasteiger partial charge >= 0.3 is 5.97 Å². The van der Waals surface area contributed by atoms with Crippen LogP contribution in [0.15, 0.2) is 18.2 Å². The van der Waals surface area contributed by atoms with Gasteiger partial charge in [0.15, 0.2) is 0 Å². The molecular weight excluding hydrogens is 232 g/mol. The van der Waals surface area contributed by atoms with Crippen LogP contribution >= 0.6 is 0 Å². The van der Waals surface area contributed by atoms with Gasteiger partial charge in [-0.05, 0) is 30.5 Å². The molecule has 0 radical (unpaired) electrons. The highest BCUT2D eigenvalue weighted by atomic mass is 16.5. The largest absolute Gasteiger partial charge is 0.497 e. The van der Waals surface area contributed by atoms with Crippen molar-refractivity contribution in [2.75, 3.05) is 19.4 Å². The van der Waals surface area contributed by atoms with Crippen LogP contribution < -0.4 is 16.2 Å². The van der Waals surface area contributed by atoms with E-state index in [1.807, 2.05) is 6.92 Å². The van der Waals surface area contributed by atoms with Crippen molar-refractivity contribution >= 4 is 11.7 Å². The van der Waals surface area contributed by atoms with E-state index in [4.69, 9.17) is 16.2 Å². The first kappa shape index (κ1) is 14.3. The van der Waals surface area contributed by atoms with Gasteiger partial charge in [0.2, 0.25) is 0 Å². The number of carboxylic acid groups (broad SMARTS) is 1. The summed E-state index contributed by atoms with van der Waals surface area (Å²) in [4.78, 5) is 11.4. The van der Waals surface area contributed by atoms with Crippen LogP contribution in [0.5, 0.6) is 5.75 Å². The standard InChI is InChI=1S/C13H20N2O3/c1-3-13(8-14,12(16)17)7-9-4-10(15)6-11(5-9)18-2/h4-6H,3,7-8,14-15H2,1-2H3,(H,16,17). The average Bonchev–Trinajstić information content (AvgIpc) is 2.35. The van der Waals surface area contributed by atoms with E-state index >= 15 is 0 Å². The van der Waals surface area contributed by atoms with Gasteiger partial charge < -0.3 is 21.3 Å². The predicted molar refractivity (Wildman–Crippen MR) is 70.5 cm³/mol. The number of nitrogens with two attached hydrogens (primary N) is 2. The van der Waals surface area contributed by atoms with Crippen LogP contribution in [0, 0.1) is 5.41 Å². The van der Waals surface area contributed by atoms with Gasteiger partial charge in [-0.15, -0.1) is 0 Å². The summed E-state index contributed by atoms with van der Waals surface area (Å²) in [6.45, 7) is 1.92. The van der Waals surface area contributed by atoms with Crippen LogP contribution in [0.2, 0.25) is 0 Å². The van der Waals surface area contributed by atoms with E-state index in [-0.39, 0.29) is 6.54 Å². The Morgan fingerprint density at radius 1 is 1.44 bits per heavy atom. The lowest BCUT2D eigenvalue weighted by Crippen LogP contribution is -2.40. The lowest BCUT2D eigenvalue weighted by molar-refractivity contribution is -0.148. The molecule has 0 aliphatic carbocycles. The molecule has 5 N–H and O–H groups in total. The molecule has 1 atom stereocenters. The number of rotatable bonds is 6. The van der Waals surface area contributed by atoms with Gasteiger partial charge in [0.1, 0.15) is 5.75 Å². The Hall–Kier alpha value is -1.75. The number of ether oxygens (including phenoxy) is 1. The summed E-state index contributed by atoms with van der Waals surface area (Å²) >= 11 is 0. The number of hydrogen-bond donors (Lipinski definition) is 3. The molecule has 1 unspecified atom stereocenters. The lowest BCUT2D eigenvalue weighted by atomic mass is 9.79. The SMILES string of the molecule is CCC(CN)(Cc1cc(N)cc(OC)c1)C(=O)O. The zero-order chi connectivity index (χ0) is 13.8. The maximum absolute atomic E-state index is 11.4. The summed E-state index contributed by atoms with van der Waals surface area (Å²) in [5.74, 6) is -0.258. The number of benzene rings is 1. The summed E-state index contributed by atoms with van der Waals surface area (Å²) in [5.41, 5.74) is 11.8. The Morgan fingerprint density at radius 2 is 2.11 bits per heavy atom. The summed E-state index contributed by atoms with van der Waals surface area (Å²) < 4.78 is 5.12. The highest BCUT2D eigenvalue weighted by Crippen LogP contribution is 2.29. The van der Waals surface area contributed by atoms with Crippen molar-refractivity contribution in [3.63, 3.8) is 0 Å². The van der Waals surface area contributed by atoms with Crippen LogP contribution in [-0.2, 0) is 11.2 Å². The molecule has 0 saturated heterocycles. The van der Waals surface area contributed by atoms with Gasteiger partial charge in [-0.25, -0.2) is 0 Å². The zero-order valence-corrected chi connectivity index (χ0v) is 10.8. The molecule has 1 aromatic rings. The lowest BCUT2D eigenvalue weighted by Gasteiger charge is -2.26. The van der Waals surface area contributed by atoms with Crippen LogP contribution in [0.1, 0.15) is 18.9 Å². The normalized spacial score (nSPS) is 13.9. The van der Waals surface area contributed by atoms with Crippen molar-refractivity contribution in [3.8, 4) is 5.75 Å². The maximum Gasteiger partial charge on any atom is 0.311 e. The van der Waals surface area contributed by atoms with Crippen molar-refractivity contribution in [1.29, 1.82) is 0 Å². The van der Waals surface area contributed by atoms with Gasteiger partial charge in [-0.3, -0.25) is 4.79 Å². The molecule has 5 heteroatoms. The Morgan fingerprint density at radius 3 is 2.56 bits per heavy atom. The number of hydrogen-bond acceptors (Lipinski definition) is 4. The first-order valence-electron chi connectivity index (χ1n) is 5.84. The molecule has 0 heterocycles. The molecule has 1 aromatic carbocycles. The number of carboxylic acids is 1. The molecule has 18 heavy (non-hydrogen) atoms. The third-order valence-electron chi connectivity index (χ3n) is 3.29. The Balaban J connectivity index is 3.08. The number of aliphatic carboxylic acids is 1. The fourth-order valence-corrected chi connectivity index (χ4v) is 1.95. The van der Waals surface area contributed by atoms with Gasteiger partial charge in [0.25, 0.3) is 0 Å².